The van der Waals surface area contributed by atoms with Gasteiger partial charge in [0.1, 0.15) is 0 Å². The molecule has 4 heteroatoms. The van der Waals surface area contributed by atoms with Gasteiger partial charge in [-0.15, -0.1) is 6.58 Å². The number of hydrogen-bond donors (Lipinski definition) is 0. The quantitative estimate of drug-likeness (QED) is 0.299. The Labute approximate surface area is 83.1 Å². The summed E-state index contributed by atoms with van der Waals surface area (Å²) in [7, 11) is 0. The molecule has 0 spiro atoms. The third-order valence-electron chi connectivity index (χ3n) is 1.58. The highest BCUT2D eigenvalue weighted by molar-refractivity contribution is 5.87. The molecule has 14 heavy (non-hydrogen) atoms. The predicted molar refractivity (Wildman–Crippen MR) is 51.0 cm³/mol. The van der Waals surface area contributed by atoms with E-state index in [-0.39, 0.29) is 5.57 Å². The molecular weight excluding hydrogens is 184 g/mol. The van der Waals surface area contributed by atoms with E-state index in [1.54, 1.807) is 6.92 Å². The van der Waals surface area contributed by atoms with Crippen molar-refractivity contribution in [1.29, 1.82) is 0 Å². The predicted octanol–water partition coefficient (Wildman–Crippen LogP) is 1.78. The SMILES string of the molecule is C=CC(CC)C(=O)OOC(=O)C(=C)C. The van der Waals surface area contributed by atoms with Crippen molar-refractivity contribution >= 4 is 11.9 Å². The van der Waals surface area contributed by atoms with E-state index in [1.165, 1.54) is 13.0 Å². The molecule has 0 aliphatic rings. The highest BCUT2D eigenvalue weighted by atomic mass is 17.2. The van der Waals surface area contributed by atoms with Crippen LogP contribution in [-0.2, 0) is 19.4 Å². The Morgan fingerprint density at radius 3 is 2.36 bits per heavy atom. The Hall–Kier alpha value is -1.58. The monoisotopic (exact) mass is 198 g/mol. The van der Waals surface area contributed by atoms with Crippen molar-refractivity contribution < 1.29 is 19.4 Å². The maximum atomic E-state index is 11.1. The summed E-state index contributed by atoms with van der Waals surface area (Å²) in [5.74, 6) is -1.83. The van der Waals surface area contributed by atoms with Crippen molar-refractivity contribution in [2.75, 3.05) is 0 Å². The Balaban J connectivity index is 4.01. The molecule has 1 unspecified atom stereocenters. The van der Waals surface area contributed by atoms with E-state index >= 15 is 0 Å². The van der Waals surface area contributed by atoms with Gasteiger partial charge < -0.3 is 0 Å². The Bertz CT molecular complexity index is 255. The van der Waals surface area contributed by atoms with Gasteiger partial charge in [-0.25, -0.2) is 19.4 Å². The van der Waals surface area contributed by atoms with Crippen LogP contribution < -0.4 is 0 Å². The average Bonchev–Trinajstić information content (AvgIpc) is 2.15. The van der Waals surface area contributed by atoms with E-state index in [2.05, 4.69) is 22.9 Å². The van der Waals surface area contributed by atoms with Crippen LogP contribution in [0.4, 0.5) is 0 Å². The summed E-state index contributed by atoms with van der Waals surface area (Å²) in [5, 5.41) is 0. The number of carbonyl (C=O) groups is 2. The minimum atomic E-state index is -0.753. The number of carbonyl (C=O) groups excluding carboxylic acids is 2. The molecule has 1 atom stereocenters. The summed E-state index contributed by atoms with van der Waals surface area (Å²) in [6.45, 7) is 10.0. The highest BCUT2D eigenvalue weighted by Crippen LogP contribution is 2.06. The van der Waals surface area contributed by atoms with Crippen molar-refractivity contribution in [1.82, 2.24) is 0 Å². The lowest BCUT2D eigenvalue weighted by Crippen LogP contribution is -2.18. The average molecular weight is 198 g/mol. The molecule has 0 saturated heterocycles. The van der Waals surface area contributed by atoms with Crippen molar-refractivity contribution in [3.8, 4) is 0 Å². The van der Waals surface area contributed by atoms with E-state index in [0.717, 1.165) is 0 Å². The van der Waals surface area contributed by atoms with Gasteiger partial charge in [0.05, 0.1) is 5.92 Å². The first-order valence-electron chi connectivity index (χ1n) is 4.23. The van der Waals surface area contributed by atoms with E-state index < -0.39 is 17.9 Å². The zero-order valence-corrected chi connectivity index (χ0v) is 8.41. The van der Waals surface area contributed by atoms with Gasteiger partial charge in [-0.05, 0) is 13.3 Å². The second-order valence-electron chi connectivity index (χ2n) is 2.80. The van der Waals surface area contributed by atoms with Gasteiger partial charge >= 0.3 is 11.9 Å². The molecule has 0 aromatic heterocycles. The zero-order valence-electron chi connectivity index (χ0n) is 8.41. The Morgan fingerprint density at radius 2 is 2.00 bits per heavy atom. The fourth-order valence-corrected chi connectivity index (χ4v) is 0.641. The lowest BCUT2D eigenvalue weighted by atomic mass is 10.1. The number of hydrogen-bond acceptors (Lipinski definition) is 4. The van der Waals surface area contributed by atoms with E-state index in [4.69, 9.17) is 0 Å². The smallest absolute Gasteiger partial charge is 0.247 e. The number of rotatable bonds is 4. The zero-order chi connectivity index (χ0) is 11.1. The van der Waals surface area contributed by atoms with Crippen molar-refractivity contribution in [2.24, 2.45) is 5.92 Å². The molecule has 0 aliphatic heterocycles. The topological polar surface area (TPSA) is 52.6 Å². The minimum absolute atomic E-state index is 0.171. The summed E-state index contributed by atoms with van der Waals surface area (Å²) in [5.41, 5.74) is 0.171. The van der Waals surface area contributed by atoms with Crippen LogP contribution in [0.5, 0.6) is 0 Å². The fourth-order valence-electron chi connectivity index (χ4n) is 0.641. The molecule has 0 bridgehead atoms. The first-order chi connectivity index (χ1) is 6.52. The Kier molecular flexibility index (Phi) is 5.29. The lowest BCUT2D eigenvalue weighted by molar-refractivity contribution is -0.257. The van der Waals surface area contributed by atoms with Crippen LogP contribution in [0.3, 0.4) is 0 Å². The minimum Gasteiger partial charge on any atom is -0.247 e. The van der Waals surface area contributed by atoms with Crippen LogP contribution in [0.25, 0.3) is 0 Å². The molecule has 0 aliphatic carbocycles. The van der Waals surface area contributed by atoms with E-state index in [0.29, 0.717) is 6.42 Å². The largest absolute Gasteiger partial charge is 0.381 e. The van der Waals surface area contributed by atoms with Gasteiger partial charge in [0.15, 0.2) is 0 Å². The summed E-state index contributed by atoms with van der Waals surface area (Å²) in [6.07, 6.45) is 1.99. The summed E-state index contributed by atoms with van der Waals surface area (Å²) >= 11 is 0. The molecule has 0 radical (unpaired) electrons. The van der Waals surface area contributed by atoms with Crippen molar-refractivity contribution in [2.45, 2.75) is 20.3 Å². The molecule has 0 saturated carbocycles. The van der Waals surface area contributed by atoms with Crippen LogP contribution in [0.2, 0.25) is 0 Å². The van der Waals surface area contributed by atoms with Crippen molar-refractivity contribution in [3.63, 3.8) is 0 Å². The lowest BCUT2D eigenvalue weighted by Gasteiger charge is -2.07. The first-order valence-corrected chi connectivity index (χ1v) is 4.23. The van der Waals surface area contributed by atoms with Crippen LogP contribution in [0, 0.1) is 5.92 Å². The van der Waals surface area contributed by atoms with Gasteiger partial charge in [0, 0.05) is 5.57 Å². The van der Waals surface area contributed by atoms with Crippen LogP contribution >= 0.6 is 0 Å². The van der Waals surface area contributed by atoms with Crippen LogP contribution in [0.1, 0.15) is 20.3 Å². The standard InChI is InChI=1S/C10H14O4/c1-5-8(6-2)10(12)14-13-9(11)7(3)4/h5,8H,1,3,6H2,2,4H3. The van der Waals surface area contributed by atoms with Gasteiger partial charge in [-0.1, -0.05) is 19.6 Å². The van der Waals surface area contributed by atoms with E-state index in [9.17, 15) is 9.59 Å². The Morgan fingerprint density at radius 1 is 1.43 bits per heavy atom. The highest BCUT2D eigenvalue weighted by Gasteiger charge is 2.17. The third kappa shape index (κ3) is 3.89. The normalized spacial score (nSPS) is 11.3. The molecule has 4 nitrogen and oxygen atoms in total. The maximum Gasteiger partial charge on any atom is 0.381 e. The maximum absolute atomic E-state index is 11.1. The van der Waals surface area contributed by atoms with Gasteiger partial charge in [0.2, 0.25) is 0 Å². The molecular formula is C10H14O4. The molecule has 0 aromatic rings. The molecule has 0 aromatic carbocycles. The van der Waals surface area contributed by atoms with Crippen molar-refractivity contribution in [3.05, 3.63) is 24.8 Å². The molecule has 0 amide bonds. The molecule has 0 rings (SSSR count). The molecule has 0 N–H and O–H groups in total. The van der Waals surface area contributed by atoms with Gasteiger partial charge in [0.25, 0.3) is 0 Å². The van der Waals surface area contributed by atoms with Crippen LogP contribution in [0.15, 0.2) is 24.8 Å². The van der Waals surface area contributed by atoms with E-state index in [1.807, 2.05) is 0 Å². The molecule has 0 heterocycles. The second-order valence-corrected chi connectivity index (χ2v) is 2.80. The first kappa shape index (κ1) is 12.4. The third-order valence-corrected chi connectivity index (χ3v) is 1.58. The summed E-state index contributed by atoms with van der Waals surface area (Å²) in [6, 6.07) is 0. The second kappa shape index (κ2) is 5.96. The summed E-state index contributed by atoms with van der Waals surface area (Å²) in [4.78, 5) is 30.5. The summed E-state index contributed by atoms with van der Waals surface area (Å²) < 4.78 is 0. The van der Waals surface area contributed by atoms with Crippen LogP contribution in [-0.4, -0.2) is 11.9 Å². The fraction of sp³-hybridized carbons (Fsp3) is 0.400. The molecule has 78 valence electrons. The van der Waals surface area contributed by atoms with Gasteiger partial charge in [-0.2, -0.15) is 0 Å². The molecule has 0 fully saturated rings. The van der Waals surface area contributed by atoms with Gasteiger partial charge in [-0.3, -0.25) is 0 Å².